The van der Waals surface area contributed by atoms with Gasteiger partial charge in [0.1, 0.15) is 6.10 Å². The molecule has 0 unspecified atom stereocenters. The molecule has 0 atom stereocenters. The molecule has 150 valence electrons. The minimum Gasteiger partial charge on any atom is -0.459 e. The Hall–Kier alpha value is -2.83. The predicted molar refractivity (Wildman–Crippen MR) is 107 cm³/mol. The van der Waals surface area contributed by atoms with Crippen molar-refractivity contribution in [1.82, 2.24) is 20.2 Å². The topological polar surface area (TPSA) is 85.3 Å². The van der Waals surface area contributed by atoms with Gasteiger partial charge in [-0.25, -0.2) is 9.59 Å². The Morgan fingerprint density at radius 3 is 2.64 bits per heavy atom. The molecule has 0 spiro atoms. The number of nitrogens with zero attached hydrogens (tertiary/aromatic N) is 2. The van der Waals surface area contributed by atoms with E-state index in [1.807, 2.05) is 43.5 Å². The first-order valence-electron chi connectivity index (χ1n) is 9.84. The molecule has 2 aromatic heterocycles. The minimum atomic E-state index is -0.289. The van der Waals surface area contributed by atoms with Crippen molar-refractivity contribution in [3.05, 3.63) is 47.5 Å². The van der Waals surface area contributed by atoms with Crippen molar-refractivity contribution in [1.29, 1.82) is 0 Å². The van der Waals surface area contributed by atoms with Crippen molar-refractivity contribution in [3.63, 3.8) is 0 Å². The van der Waals surface area contributed by atoms with Gasteiger partial charge in [-0.1, -0.05) is 0 Å². The van der Waals surface area contributed by atoms with Crippen LogP contribution in [-0.2, 0) is 4.74 Å². The highest BCUT2D eigenvalue weighted by atomic mass is 16.5. The smallest absolute Gasteiger partial charge is 0.340 e. The molecule has 2 amide bonds. The van der Waals surface area contributed by atoms with Crippen LogP contribution < -0.4 is 10.6 Å². The van der Waals surface area contributed by atoms with E-state index in [1.54, 1.807) is 12.4 Å². The zero-order valence-corrected chi connectivity index (χ0v) is 16.7. The van der Waals surface area contributed by atoms with E-state index in [0.717, 1.165) is 42.8 Å². The van der Waals surface area contributed by atoms with Crippen molar-refractivity contribution < 1.29 is 14.3 Å². The van der Waals surface area contributed by atoms with Crippen LogP contribution in [0.2, 0.25) is 0 Å². The number of hydrogen-bond donors (Lipinski definition) is 2. The fraction of sp³-hybridized carbons (Fsp3) is 0.476. The van der Waals surface area contributed by atoms with E-state index in [-0.39, 0.29) is 24.1 Å². The van der Waals surface area contributed by atoms with Gasteiger partial charge in [0, 0.05) is 30.2 Å². The van der Waals surface area contributed by atoms with Crippen LogP contribution in [0.5, 0.6) is 0 Å². The normalized spacial score (nSPS) is 19.1. The maximum atomic E-state index is 12.7. The molecule has 2 heterocycles. The molecule has 2 N–H and O–H groups in total. The zero-order valence-electron chi connectivity index (χ0n) is 16.7. The van der Waals surface area contributed by atoms with E-state index in [1.165, 1.54) is 0 Å². The Morgan fingerprint density at radius 2 is 2.00 bits per heavy atom. The molecule has 1 saturated carbocycles. The SMILES string of the molecule is CCNC(=O)NC1CCC(OC(=O)c2cc(C)n(-c3cccnc3)c2C)CC1. The summed E-state index contributed by atoms with van der Waals surface area (Å²) in [6.45, 7) is 6.39. The lowest BCUT2D eigenvalue weighted by molar-refractivity contribution is 0.0187. The summed E-state index contributed by atoms with van der Waals surface area (Å²) in [5.74, 6) is -0.289. The maximum absolute atomic E-state index is 12.7. The van der Waals surface area contributed by atoms with Crippen LogP contribution in [0.3, 0.4) is 0 Å². The molecule has 7 nitrogen and oxygen atoms in total. The summed E-state index contributed by atoms with van der Waals surface area (Å²) < 4.78 is 7.78. The minimum absolute atomic E-state index is 0.110. The first-order chi connectivity index (χ1) is 13.5. The molecule has 28 heavy (non-hydrogen) atoms. The second-order valence-electron chi connectivity index (χ2n) is 7.21. The van der Waals surface area contributed by atoms with E-state index < -0.39 is 0 Å². The molecule has 0 radical (unpaired) electrons. The lowest BCUT2D eigenvalue weighted by Gasteiger charge is -2.28. The summed E-state index contributed by atoms with van der Waals surface area (Å²) in [5, 5.41) is 5.71. The van der Waals surface area contributed by atoms with Gasteiger partial charge in [0.15, 0.2) is 0 Å². The maximum Gasteiger partial charge on any atom is 0.340 e. The third-order valence-electron chi connectivity index (χ3n) is 5.18. The van der Waals surface area contributed by atoms with Gasteiger partial charge in [-0.15, -0.1) is 0 Å². The van der Waals surface area contributed by atoms with Crippen molar-refractivity contribution in [3.8, 4) is 5.69 Å². The molecule has 0 saturated heterocycles. The number of nitrogens with one attached hydrogen (secondary N) is 2. The summed E-state index contributed by atoms with van der Waals surface area (Å²) in [5.41, 5.74) is 3.33. The van der Waals surface area contributed by atoms with Gasteiger partial charge in [0.25, 0.3) is 0 Å². The number of ether oxygens (including phenoxy) is 1. The Labute approximate surface area is 165 Å². The van der Waals surface area contributed by atoms with Crippen LogP contribution in [0.1, 0.15) is 54.4 Å². The number of esters is 1. The average Bonchev–Trinajstić information content (AvgIpc) is 2.98. The van der Waals surface area contributed by atoms with Gasteiger partial charge < -0.3 is 19.9 Å². The lowest BCUT2D eigenvalue weighted by atomic mass is 9.93. The molecular formula is C21H28N4O3. The fourth-order valence-electron chi connectivity index (χ4n) is 3.79. The fourth-order valence-corrected chi connectivity index (χ4v) is 3.79. The number of carbonyl (C=O) groups excluding carboxylic acids is 2. The number of urea groups is 1. The second-order valence-corrected chi connectivity index (χ2v) is 7.21. The molecule has 0 aromatic carbocycles. The zero-order chi connectivity index (χ0) is 20.1. The third kappa shape index (κ3) is 4.52. The van der Waals surface area contributed by atoms with Gasteiger partial charge in [-0.05, 0) is 64.7 Å². The number of aromatic nitrogens is 2. The predicted octanol–water partition coefficient (Wildman–Crippen LogP) is 3.28. The number of aryl methyl sites for hydroxylation is 1. The largest absolute Gasteiger partial charge is 0.459 e. The van der Waals surface area contributed by atoms with Crippen LogP contribution in [0.4, 0.5) is 4.79 Å². The number of carbonyl (C=O) groups is 2. The summed E-state index contributed by atoms with van der Waals surface area (Å²) in [4.78, 5) is 28.5. The molecule has 1 aliphatic rings. The van der Waals surface area contributed by atoms with Gasteiger partial charge in [-0.3, -0.25) is 4.98 Å². The summed E-state index contributed by atoms with van der Waals surface area (Å²) >= 11 is 0. The van der Waals surface area contributed by atoms with Crippen molar-refractivity contribution in [2.45, 2.75) is 58.6 Å². The highest BCUT2D eigenvalue weighted by molar-refractivity contribution is 5.91. The molecular weight excluding hydrogens is 356 g/mol. The number of hydrogen-bond acceptors (Lipinski definition) is 4. The van der Waals surface area contributed by atoms with E-state index in [9.17, 15) is 9.59 Å². The molecule has 1 aliphatic carbocycles. The van der Waals surface area contributed by atoms with Crippen LogP contribution in [0, 0.1) is 13.8 Å². The standard InChI is InChI=1S/C21H28N4O3/c1-4-23-21(27)24-16-7-9-18(10-8-16)28-20(26)19-12-14(2)25(15(19)3)17-6-5-11-22-13-17/h5-6,11-13,16,18H,4,7-10H2,1-3H3,(H2,23,24,27). The molecule has 1 fully saturated rings. The van der Waals surface area contributed by atoms with Crippen molar-refractivity contribution in [2.24, 2.45) is 0 Å². The monoisotopic (exact) mass is 384 g/mol. The third-order valence-corrected chi connectivity index (χ3v) is 5.18. The van der Waals surface area contributed by atoms with E-state index in [0.29, 0.717) is 12.1 Å². The highest BCUT2D eigenvalue weighted by Crippen LogP contribution is 2.25. The molecule has 3 rings (SSSR count). The Balaban J connectivity index is 1.60. The number of amides is 2. The highest BCUT2D eigenvalue weighted by Gasteiger charge is 2.27. The summed E-state index contributed by atoms with van der Waals surface area (Å²) in [6, 6.07) is 5.71. The number of pyridine rings is 1. The number of rotatable bonds is 5. The summed E-state index contributed by atoms with van der Waals surface area (Å²) in [6.07, 6.45) is 6.52. The molecule has 7 heteroatoms. The molecule has 2 aromatic rings. The Bertz CT molecular complexity index is 824. The van der Waals surface area contributed by atoms with Crippen LogP contribution >= 0.6 is 0 Å². The first kappa shape index (κ1) is 19.9. The van der Waals surface area contributed by atoms with Gasteiger partial charge >= 0.3 is 12.0 Å². The van der Waals surface area contributed by atoms with Crippen LogP contribution in [0.15, 0.2) is 30.6 Å². The molecule has 0 aliphatic heterocycles. The van der Waals surface area contributed by atoms with Gasteiger partial charge in [0.05, 0.1) is 17.4 Å². The molecule has 0 bridgehead atoms. The first-order valence-corrected chi connectivity index (χ1v) is 9.84. The Kier molecular flexibility index (Phi) is 6.34. The quantitative estimate of drug-likeness (QED) is 0.775. The second kappa shape index (κ2) is 8.91. The van der Waals surface area contributed by atoms with E-state index >= 15 is 0 Å². The van der Waals surface area contributed by atoms with E-state index in [4.69, 9.17) is 4.74 Å². The average molecular weight is 384 g/mol. The summed E-state index contributed by atoms with van der Waals surface area (Å²) in [7, 11) is 0. The van der Waals surface area contributed by atoms with Gasteiger partial charge in [0.2, 0.25) is 0 Å². The Morgan fingerprint density at radius 1 is 1.25 bits per heavy atom. The lowest BCUT2D eigenvalue weighted by Crippen LogP contribution is -2.44. The van der Waals surface area contributed by atoms with E-state index in [2.05, 4.69) is 15.6 Å². The van der Waals surface area contributed by atoms with Crippen LogP contribution in [0.25, 0.3) is 5.69 Å². The van der Waals surface area contributed by atoms with Crippen molar-refractivity contribution in [2.75, 3.05) is 6.54 Å². The van der Waals surface area contributed by atoms with Crippen molar-refractivity contribution >= 4 is 12.0 Å². The van der Waals surface area contributed by atoms with Crippen LogP contribution in [-0.4, -0.2) is 40.2 Å². The van der Waals surface area contributed by atoms with Gasteiger partial charge in [-0.2, -0.15) is 0 Å².